The Labute approximate surface area is 289 Å². The van der Waals surface area contributed by atoms with Gasteiger partial charge in [-0.25, -0.2) is 9.97 Å². The Morgan fingerprint density at radius 1 is 0.400 bits per heavy atom. The Morgan fingerprint density at radius 3 is 1.92 bits per heavy atom. The van der Waals surface area contributed by atoms with Gasteiger partial charge in [-0.15, -0.1) is 0 Å². The summed E-state index contributed by atoms with van der Waals surface area (Å²) in [5.74, 6) is 0.888. The maximum atomic E-state index is 5.34. The maximum absolute atomic E-state index is 5.34. The average Bonchev–Trinajstić information content (AvgIpc) is 3.71. The van der Waals surface area contributed by atoms with Crippen LogP contribution in [0.15, 0.2) is 182 Å². The van der Waals surface area contributed by atoms with Gasteiger partial charge in [0.25, 0.3) is 0 Å². The predicted molar refractivity (Wildman–Crippen MR) is 207 cm³/mol. The first-order valence-corrected chi connectivity index (χ1v) is 16.9. The molecule has 0 N–H and O–H groups in total. The van der Waals surface area contributed by atoms with E-state index < -0.39 is 0 Å². The number of fused-ring (bicyclic) bond motifs is 6. The minimum Gasteiger partial charge on any atom is -0.294 e. The third-order valence-electron chi connectivity index (χ3n) is 9.77. The van der Waals surface area contributed by atoms with E-state index in [4.69, 9.17) is 9.97 Å². The molecule has 0 radical (unpaired) electrons. The highest BCUT2D eigenvalue weighted by Crippen LogP contribution is 2.41. The van der Waals surface area contributed by atoms with E-state index in [-0.39, 0.29) is 0 Å². The van der Waals surface area contributed by atoms with Crippen LogP contribution >= 0.6 is 0 Å². The first-order valence-electron chi connectivity index (χ1n) is 16.9. The van der Waals surface area contributed by atoms with Gasteiger partial charge in [0.1, 0.15) is 11.5 Å². The van der Waals surface area contributed by atoms with E-state index in [0.717, 1.165) is 67.0 Å². The molecule has 10 aromatic rings. The van der Waals surface area contributed by atoms with E-state index >= 15 is 0 Å². The second-order valence-electron chi connectivity index (χ2n) is 12.7. The predicted octanol–water partition coefficient (Wildman–Crippen LogP) is 11.7. The van der Waals surface area contributed by atoms with Gasteiger partial charge in [0.2, 0.25) is 0 Å². The highest BCUT2D eigenvalue weighted by Gasteiger charge is 2.20. The van der Waals surface area contributed by atoms with Crippen LogP contribution in [0, 0.1) is 0 Å². The summed E-state index contributed by atoms with van der Waals surface area (Å²) in [5, 5.41) is 4.73. The Balaban J connectivity index is 1.24. The van der Waals surface area contributed by atoms with Crippen LogP contribution in [0.4, 0.5) is 0 Å². The molecule has 50 heavy (non-hydrogen) atoms. The lowest BCUT2D eigenvalue weighted by Crippen LogP contribution is -2.00. The van der Waals surface area contributed by atoms with Crippen LogP contribution in [-0.2, 0) is 0 Å². The van der Waals surface area contributed by atoms with Crippen molar-refractivity contribution in [2.75, 3.05) is 0 Å². The van der Waals surface area contributed by atoms with E-state index in [1.54, 1.807) is 0 Å². The van der Waals surface area contributed by atoms with E-state index in [1.807, 2.05) is 18.3 Å². The van der Waals surface area contributed by atoms with Gasteiger partial charge in [-0.05, 0) is 76.9 Å². The molecular formula is C46H30N4. The Morgan fingerprint density at radius 2 is 1.10 bits per heavy atom. The number of para-hydroxylation sites is 2. The van der Waals surface area contributed by atoms with Crippen molar-refractivity contribution in [3.05, 3.63) is 182 Å². The van der Waals surface area contributed by atoms with Crippen molar-refractivity contribution in [2.45, 2.75) is 0 Å². The second kappa shape index (κ2) is 11.4. The second-order valence-corrected chi connectivity index (χ2v) is 12.7. The van der Waals surface area contributed by atoms with Gasteiger partial charge in [-0.1, -0.05) is 121 Å². The fourth-order valence-electron chi connectivity index (χ4n) is 7.54. The Kier molecular flexibility index (Phi) is 6.46. The van der Waals surface area contributed by atoms with Crippen LogP contribution in [0.25, 0.3) is 88.8 Å². The van der Waals surface area contributed by atoms with Crippen molar-refractivity contribution in [3.63, 3.8) is 0 Å². The van der Waals surface area contributed by atoms with Crippen LogP contribution in [0.3, 0.4) is 0 Å². The van der Waals surface area contributed by atoms with E-state index in [9.17, 15) is 0 Å². The van der Waals surface area contributed by atoms with Gasteiger partial charge in [-0.2, -0.15) is 0 Å². The Bertz CT molecular complexity index is 2790. The molecule has 0 amide bonds. The summed E-state index contributed by atoms with van der Waals surface area (Å²) >= 11 is 0. The molecule has 0 saturated heterocycles. The molecule has 0 aliphatic rings. The molecule has 0 fully saturated rings. The number of nitrogens with zero attached hydrogens (tertiary/aromatic N) is 4. The molecule has 0 atom stereocenters. The summed E-state index contributed by atoms with van der Waals surface area (Å²) in [5.41, 5.74) is 12.1. The van der Waals surface area contributed by atoms with Crippen molar-refractivity contribution >= 4 is 43.7 Å². The fourth-order valence-corrected chi connectivity index (χ4v) is 7.54. The highest BCUT2D eigenvalue weighted by molar-refractivity contribution is 6.17. The van der Waals surface area contributed by atoms with E-state index in [0.29, 0.717) is 0 Å². The summed E-state index contributed by atoms with van der Waals surface area (Å²) in [6.45, 7) is 0. The summed E-state index contributed by atoms with van der Waals surface area (Å²) in [6, 6.07) is 62.3. The molecule has 0 spiro atoms. The van der Waals surface area contributed by atoms with Gasteiger partial charge in [-0.3, -0.25) is 9.13 Å². The minimum atomic E-state index is 0.888. The quantitative estimate of drug-likeness (QED) is 0.188. The van der Waals surface area contributed by atoms with Crippen LogP contribution in [0.1, 0.15) is 0 Å². The zero-order chi connectivity index (χ0) is 33.0. The van der Waals surface area contributed by atoms with Gasteiger partial charge in [0.15, 0.2) is 0 Å². The first kappa shape index (κ1) is 28.3. The molecule has 10 rings (SSSR count). The molecule has 4 heterocycles. The zero-order valence-electron chi connectivity index (χ0n) is 27.1. The Hall–Kier alpha value is -6.78. The third kappa shape index (κ3) is 4.46. The summed E-state index contributed by atoms with van der Waals surface area (Å²) in [6.07, 6.45) is 1.88. The summed E-state index contributed by atoms with van der Waals surface area (Å²) < 4.78 is 4.61. The minimum absolute atomic E-state index is 0.888. The molecule has 0 unspecified atom stereocenters. The van der Waals surface area contributed by atoms with Gasteiger partial charge >= 0.3 is 0 Å². The fraction of sp³-hybridized carbons (Fsp3) is 0. The van der Waals surface area contributed by atoms with Crippen molar-refractivity contribution in [2.24, 2.45) is 0 Å². The van der Waals surface area contributed by atoms with Crippen LogP contribution in [0.5, 0.6) is 0 Å². The summed E-state index contributed by atoms with van der Waals surface area (Å²) in [7, 11) is 0. The smallest absolute Gasteiger partial charge is 0.145 e. The van der Waals surface area contributed by atoms with Crippen molar-refractivity contribution < 1.29 is 0 Å². The first-order chi connectivity index (χ1) is 24.8. The number of pyridine rings is 2. The van der Waals surface area contributed by atoms with Crippen molar-refractivity contribution in [1.29, 1.82) is 0 Å². The number of benzene rings is 6. The SMILES string of the molecule is c1ccc(-c2cc(-c3ccccc3)nc(-n3c4ccccc4c4c(-c5ccc6c7cccnc7n(-c7ccccc7)c6c5)cccc43)c2)cc1. The van der Waals surface area contributed by atoms with Crippen LogP contribution in [0.2, 0.25) is 0 Å². The van der Waals surface area contributed by atoms with Gasteiger partial charge in [0.05, 0.1) is 22.2 Å². The molecule has 0 aliphatic carbocycles. The van der Waals surface area contributed by atoms with E-state index in [1.165, 1.54) is 21.7 Å². The average molecular weight is 639 g/mol. The molecule has 0 aliphatic heterocycles. The number of aromatic nitrogens is 4. The molecule has 4 heteroatoms. The van der Waals surface area contributed by atoms with E-state index in [2.05, 4.69) is 173 Å². The normalized spacial score (nSPS) is 11.6. The number of hydrogen-bond donors (Lipinski definition) is 0. The van der Waals surface area contributed by atoms with Gasteiger partial charge in [0, 0.05) is 39.0 Å². The van der Waals surface area contributed by atoms with Crippen LogP contribution in [-0.4, -0.2) is 19.1 Å². The molecule has 0 bridgehead atoms. The molecule has 6 aromatic carbocycles. The number of rotatable bonds is 5. The molecule has 4 nitrogen and oxygen atoms in total. The molecular weight excluding hydrogens is 609 g/mol. The van der Waals surface area contributed by atoms with Crippen molar-refractivity contribution in [1.82, 2.24) is 19.1 Å². The maximum Gasteiger partial charge on any atom is 0.145 e. The standard InChI is InChI=1S/C46H30N4/c1-4-14-31(15-5-1)34-28-40(32-16-6-2-7-17-32)48-44(30-34)50-41-23-11-10-20-39(41)45-36(21-12-24-42(45)50)33-25-26-37-38-22-13-27-47-46(38)49(43(37)29-33)35-18-8-3-9-19-35/h1-30H. The molecule has 234 valence electrons. The lowest BCUT2D eigenvalue weighted by Gasteiger charge is -2.13. The third-order valence-corrected chi connectivity index (χ3v) is 9.77. The highest BCUT2D eigenvalue weighted by atomic mass is 15.1. The van der Waals surface area contributed by atoms with Gasteiger partial charge < -0.3 is 0 Å². The lowest BCUT2D eigenvalue weighted by molar-refractivity contribution is 1.08. The largest absolute Gasteiger partial charge is 0.294 e. The molecule has 0 saturated carbocycles. The van der Waals surface area contributed by atoms with Crippen molar-refractivity contribution in [3.8, 4) is 45.0 Å². The zero-order valence-corrected chi connectivity index (χ0v) is 27.1. The monoisotopic (exact) mass is 638 g/mol. The molecule has 4 aromatic heterocycles. The topological polar surface area (TPSA) is 35.6 Å². The summed E-state index contributed by atoms with van der Waals surface area (Å²) in [4.78, 5) is 10.2. The number of hydrogen-bond acceptors (Lipinski definition) is 2. The lowest BCUT2D eigenvalue weighted by atomic mass is 9.98. The van der Waals surface area contributed by atoms with Crippen LogP contribution < -0.4 is 0 Å².